The van der Waals surface area contributed by atoms with Crippen molar-refractivity contribution in [1.82, 2.24) is 20.5 Å². The molecular weight excluding hydrogens is 368 g/mol. The van der Waals surface area contributed by atoms with Crippen LogP contribution in [0, 0.1) is 5.41 Å². The number of Topliss-reactive ketones (excluding diaryl/α,β-unsaturated/α-hetero) is 1. The van der Waals surface area contributed by atoms with Gasteiger partial charge in [0.1, 0.15) is 11.5 Å². The van der Waals surface area contributed by atoms with Gasteiger partial charge in [0.15, 0.2) is 0 Å². The topological polar surface area (TPSA) is 97.0 Å². The molecule has 1 saturated heterocycles. The summed E-state index contributed by atoms with van der Waals surface area (Å²) in [5, 5.41) is 11.0. The van der Waals surface area contributed by atoms with E-state index < -0.39 is 0 Å². The first-order valence-corrected chi connectivity index (χ1v) is 9.86. The summed E-state index contributed by atoms with van der Waals surface area (Å²) in [6.07, 6.45) is 5.90. The number of nitrogens with one attached hydrogen (secondary N) is 2. The number of carbonyl (C=O) groups is 2. The van der Waals surface area contributed by atoms with Gasteiger partial charge in [-0.05, 0) is 42.2 Å². The summed E-state index contributed by atoms with van der Waals surface area (Å²) in [6, 6.07) is 9.54. The van der Waals surface area contributed by atoms with Crippen LogP contribution in [-0.2, 0) is 22.4 Å². The number of hydrogen-bond acceptors (Lipinski definition) is 5. The molecule has 0 radical (unpaired) electrons. The molecule has 2 aromatic heterocycles. The fourth-order valence-corrected chi connectivity index (χ4v) is 4.29. The number of pyridine rings is 1. The van der Waals surface area contributed by atoms with Gasteiger partial charge >= 0.3 is 0 Å². The van der Waals surface area contributed by atoms with Gasteiger partial charge in [-0.25, -0.2) is 0 Å². The SMILES string of the molecule is O=C(Cc1ccnc(C(=O)NC2CC3(COC3)C2)c1)Cc1ccc2cn[nH]c2c1. The number of amides is 1. The molecule has 1 saturated carbocycles. The van der Waals surface area contributed by atoms with Gasteiger partial charge < -0.3 is 10.1 Å². The number of aromatic amines is 1. The quantitative estimate of drug-likeness (QED) is 0.673. The zero-order valence-electron chi connectivity index (χ0n) is 16.0. The lowest BCUT2D eigenvalue weighted by Crippen LogP contribution is -2.59. The van der Waals surface area contributed by atoms with Gasteiger partial charge in [-0.2, -0.15) is 5.10 Å². The molecule has 3 aromatic rings. The van der Waals surface area contributed by atoms with Crippen LogP contribution in [0.3, 0.4) is 0 Å². The average molecular weight is 390 g/mol. The van der Waals surface area contributed by atoms with Crippen molar-refractivity contribution in [2.45, 2.75) is 31.7 Å². The zero-order valence-corrected chi connectivity index (χ0v) is 16.0. The third-order valence-electron chi connectivity index (χ3n) is 5.88. The van der Waals surface area contributed by atoms with E-state index in [9.17, 15) is 9.59 Å². The third-order valence-corrected chi connectivity index (χ3v) is 5.88. The number of ketones is 1. The number of aromatic nitrogens is 3. The van der Waals surface area contributed by atoms with E-state index in [-0.39, 0.29) is 24.2 Å². The van der Waals surface area contributed by atoms with Crippen molar-refractivity contribution >= 4 is 22.6 Å². The second-order valence-corrected chi connectivity index (χ2v) is 8.30. The minimum absolute atomic E-state index is 0.0901. The molecule has 0 atom stereocenters. The van der Waals surface area contributed by atoms with Crippen LogP contribution in [0.25, 0.3) is 10.9 Å². The molecule has 7 nitrogen and oxygen atoms in total. The lowest BCUT2D eigenvalue weighted by Gasteiger charge is -2.53. The molecule has 0 unspecified atom stereocenters. The van der Waals surface area contributed by atoms with Crippen LogP contribution in [0.5, 0.6) is 0 Å². The number of ether oxygens (including phenoxy) is 1. The van der Waals surface area contributed by atoms with Crippen LogP contribution >= 0.6 is 0 Å². The molecular formula is C22H22N4O3. The highest BCUT2D eigenvalue weighted by Gasteiger charge is 2.50. The Hall–Kier alpha value is -3.06. The van der Waals surface area contributed by atoms with E-state index in [1.54, 1.807) is 24.5 Å². The van der Waals surface area contributed by atoms with Gasteiger partial charge in [0.2, 0.25) is 0 Å². The third kappa shape index (κ3) is 3.65. The van der Waals surface area contributed by atoms with Crippen molar-refractivity contribution < 1.29 is 14.3 Å². The molecule has 1 aliphatic carbocycles. The summed E-state index contributed by atoms with van der Waals surface area (Å²) in [4.78, 5) is 29.2. The molecule has 1 aliphatic heterocycles. The number of hydrogen-bond donors (Lipinski definition) is 2. The molecule has 148 valence electrons. The molecule has 1 spiro atoms. The fourth-order valence-electron chi connectivity index (χ4n) is 4.29. The minimum Gasteiger partial charge on any atom is -0.380 e. The highest BCUT2D eigenvalue weighted by molar-refractivity contribution is 5.93. The normalized spacial score (nSPS) is 17.7. The lowest BCUT2D eigenvalue weighted by molar-refractivity contribution is -0.165. The fraction of sp³-hybridized carbons (Fsp3) is 0.364. The zero-order chi connectivity index (χ0) is 19.8. The molecule has 2 N–H and O–H groups in total. The van der Waals surface area contributed by atoms with Crippen LogP contribution in [0.2, 0.25) is 0 Å². The molecule has 1 aromatic carbocycles. The number of benzene rings is 1. The summed E-state index contributed by atoms with van der Waals surface area (Å²) in [5.74, 6) is -0.0866. The highest BCUT2D eigenvalue weighted by Crippen LogP contribution is 2.46. The Bertz CT molecular complexity index is 1080. The van der Waals surface area contributed by atoms with Crippen LogP contribution in [0.15, 0.2) is 42.7 Å². The molecule has 2 aliphatic rings. The summed E-state index contributed by atoms with van der Waals surface area (Å²) >= 11 is 0. The molecule has 1 amide bonds. The Kier molecular flexibility index (Phi) is 4.39. The number of rotatable bonds is 6. The second kappa shape index (κ2) is 7.08. The van der Waals surface area contributed by atoms with Crippen LogP contribution < -0.4 is 5.32 Å². The maximum absolute atomic E-state index is 12.5. The van der Waals surface area contributed by atoms with E-state index in [2.05, 4.69) is 20.5 Å². The standard InChI is InChI=1S/C22H22N4O3/c27-18(5-14-1-2-16-11-24-26-19(16)7-14)6-15-3-4-23-20(8-15)21(28)25-17-9-22(10-17)12-29-13-22/h1-4,7-8,11,17H,5-6,9-10,12-13H2,(H,24,26)(H,25,28). The first kappa shape index (κ1) is 18.0. The smallest absolute Gasteiger partial charge is 0.270 e. The van der Waals surface area contributed by atoms with Crippen molar-refractivity contribution in [3.05, 3.63) is 59.5 Å². The van der Waals surface area contributed by atoms with E-state index in [0.29, 0.717) is 17.5 Å². The molecule has 0 bridgehead atoms. The van der Waals surface area contributed by atoms with Gasteiger partial charge in [0.25, 0.3) is 5.91 Å². The van der Waals surface area contributed by atoms with Crippen molar-refractivity contribution in [2.24, 2.45) is 5.41 Å². The molecule has 7 heteroatoms. The van der Waals surface area contributed by atoms with Crippen molar-refractivity contribution in [2.75, 3.05) is 13.2 Å². The number of nitrogens with zero attached hydrogens (tertiary/aromatic N) is 2. The van der Waals surface area contributed by atoms with E-state index >= 15 is 0 Å². The van der Waals surface area contributed by atoms with Crippen molar-refractivity contribution in [3.63, 3.8) is 0 Å². The monoisotopic (exact) mass is 390 g/mol. The Morgan fingerprint density at radius 2 is 1.93 bits per heavy atom. The molecule has 29 heavy (non-hydrogen) atoms. The van der Waals surface area contributed by atoms with Crippen LogP contribution in [0.4, 0.5) is 0 Å². The minimum atomic E-state index is -0.177. The molecule has 2 fully saturated rings. The first-order chi connectivity index (χ1) is 14.1. The second-order valence-electron chi connectivity index (χ2n) is 8.30. The Morgan fingerprint density at radius 1 is 1.14 bits per heavy atom. The van der Waals surface area contributed by atoms with E-state index in [1.807, 2.05) is 18.2 Å². The maximum atomic E-state index is 12.5. The number of fused-ring (bicyclic) bond motifs is 1. The number of H-pyrrole nitrogens is 1. The average Bonchev–Trinajstić information content (AvgIpc) is 3.10. The summed E-state index contributed by atoms with van der Waals surface area (Å²) in [7, 11) is 0. The highest BCUT2D eigenvalue weighted by atomic mass is 16.5. The largest absolute Gasteiger partial charge is 0.380 e. The Labute approximate surface area is 167 Å². The van der Waals surface area contributed by atoms with Gasteiger partial charge in [0.05, 0.1) is 24.9 Å². The number of carbonyl (C=O) groups excluding carboxylic acids is 2. The predicted molar refractivity (Wildman–Crippen MR) is 106 cm³/mol. The predicted octanol–water partition coefficient (Wildman–Crippen LogP) is 2.22. The maximum Gasteiger partial charge on any atom is 0.270 e. The van der Waals surface area contributed by atoms with Gasteiger partial charge in [-0.3, -0.25) is 19.7 Å². The molecule has 5 rings (SSSR count). The summed E-state index contributed by atoms with van der Waals surface area (Å²) < 4.78 is 5.27. The van der Waals surface area contributed by atoms with E-state index in [0.717, 1.165) is 48.1 Å². The summed E-state index contributed by atoms with van der Waals surface area (Å²) in [5.41, 5.74) is 3.33. The van der Waals surface area contributed by atoms with Gasteiger partial charge in [0, 0.05) is 35.9 Å². The van der Waals surface area contributed by atoms with E-state index in [4.69, 9.17) is 4.74 Å². The Morgan fingerprint density at radius 3 is 2.69 bits per heavy atom. The van der Waals surface area contributed by atoms with Crippen LogP contribution in [-0.4, -0.2) is 46.1 Å². The van der Waals surface area contributed by atoms with Gasteiger partial charge in [-0.1, -0.05) is 12.1 Å². The van der Waals surface area contributed by atoms with Crippen molar-refractivity contribution in [1.29, 1.82) is 0 Å². The van der Waals surface area contributed by atoms with Crippen LogP contribution in [0.1, 0.15) is 34.5 Å². The lowest BCUT2D eigenvalue weighted by atomic mass is 9.64. The van der Waals surface area contributed by atoms with Crippen molar-refractivity contribution in [3.8, 4) is 0 Å². The molecule has 3 heterocycles. The van der Waals surface area contributed by atoms with Gasteiger partial charge in [-0.15, -0.1) is 0 Å². The van der Waals surface area contributed by atoms with E-state index in [1.165, 1.54) is 0 Å². The Balaban J connectivity index is 1.19. The summed E-state index contributed by atoms with van der Waals surface area (Å²) in [6.45, 7) is 1.62. The first-order valence-electron chi connectivity index (χ1n) is 9.86.